The van der Waals surface area contributed by atoms with Crippen molar-refractivity contribution in [2.45, 2.75) is 19.1 Å². The Labute approximate surface area is 88.2 Å². The van der Waals surface area contributed by atoms with E-state index >= 15 is 0 Å². The third-order valence-electron chi connectivity index (χ3n) is 1.31. The fourth-order valence-corrected chi connectivity index (χ4v) is 2.00. The van der Waals surface area contributed by atoms with Gasteiger partial charge in [0.05, 0.1) is 5.69 Å². The molecule has 0 amide bonds. The van der Waals surface area contributed by atoms with E-state index in [0.717, 1.165) is 5.69 Å². The molecule has 0 aliphatic rings. The average Bonchev–Trinajstić information content (AvgIpc) is 2.04. The summed E-state index contributed by atoms with van der Waals surface area (Å²) in [5, 5.41) is 0.472. The molecule has 0 aliphatic carbocycles. The molecule has 1 nitrogen and oxygen atoms in total. The summed E-state index contributed by atoms with van der Waals surface area (Å²) in [5.41, 5.74) is 0.903. The summed E-state index contributed by atoms with van der Waals surface area (Å²) in [4.78, 5) is 4.24. The van der Waals surface area contributed by atoms with Crippen molar-refractivity contribution in [1.29, 1.82) is 0 Å². The zero-order valence-electron chi connectivity index (χ0n) is 7.70. The van der Waals surface area contributed by atoms with Crippen molar-refractivity contribution in [2.24, 2.45) is 4.99 Å². The Bertz CT molecular complexity index is 282. The van der Waals surface area contributed by atoms with Crippen LogP contribution in [0.25, 0.3) is 0 Å². The Balaban J connectivity index is 2.66. The number of hydrogen-bond acceptors (Lipinski definition) is 2. The van der Waals surface area contributed by atoms with Crippen molar-refractivity contribution < 1.29 is 0 Å². The summed E-state index contributed by atoms with van der Waals surface area (Å²) in [5.74, 6) is 0. The smallest absolute Gasteiger partial charge is 0.163 e. The third-order valence-corrected chi connectivity index (χ3v) is 2.42. The van der Waals surface area contributed by atoms with E-state index in [9.17, 15) is 0 Å². The number of rotatable bonds is 2. The quantitative estimate of drug-likeness (QED) is 0.533. The Morgan fingerprint density at radius 3 is 2.46 bits per heavy atom. The Kier molecular flexibility index (Phi) is 4.33. The molecule has 0 fully saturated rings. The van der Waals surface area contributed by atoms with Gasteiger partial charge in [0.15, 0.2) is 4.50 Å². The summed E-state index contributed by atoms with van der Waals surface area (Å²) in [7, 11) is 0. The fourth-order valence-electron chi connectivity index (χ4n) is 0.825. The summed E-state index contributed by atoms with van der Waals surface area (Å²) in [6.07, 6.45) is 0. The first-order chi connectivity index (χ1) is 6.18. The molecular formula is C10H12ClNS. The third kappa shape index (κ3) is 4.34. The van der Waals surface area contributed by atoms with Gasteiger partial charge in [-0.2, -0.15) is 0 Å². The second-order valence-electron chi connectivity index (χ2n) is 2.87. The van der Waals surface area contributed by atoms with E-state index in [1.54, 1.807) is 11.8 Å². The first-order valence-electron chi connectivity index (χ1n) is 4.14. The Hall–Kier alpha value is -0.470. The maximum Gasteiger partial charge on any atom is 0.163 e. The number of benzene rings is 1. The summed E-state index contributed by atoms with van der Waals surface area (Å²) < 4.78 is 0.598. The highest BCUT2D eigenvalue weighted by Crippen LogP contribution is 2.19. The topological polar surface area (TPSA) is 12.4 Å². The minimum atomic E-state index is 0.472. The number of halogens is 1. The molecule has 1 aromatic carbocycles. The molecule has 0 radical (unpaired) electrons. The molecule has 0 aliphatic heterocycles. The van der Waals surface area contributed by atoms with Crippen molar-refractivity contribution >= 4 is 33.6 Å². The standard InChI is InChI=1S/C10H12ClNS/c1-8(2)13-10(11)12-9-6-4-3-5-7-9/h3-8H,1-2H3. The van der Waals surface area contributed by atoms with Crippen LogP contribution in [0.15, 0.2) is 35.3 Å². The fraction of sp³-hybridized carbons (Fsp3) is 0.300. The van der Waals surface area contributed by atoms with E-state index in [1.807, 2.05) is 30.3 Å². The van der Waals surface area contributed by atoms with Crippen LogP contribution in [-0.2, 0) is 0 Å². The summed E-state index contributed by atoms with van der Waals surface area (Å²) in [6.45, 7) is 4.18. The second-order valence-corrected chi connectivity index (χ2v) is 5.01. The molecule has 70 valence electrons. The SMILES string of the molecule is CC(C)SC(Cl)=Nc1ccccc1. The lowest BCUT2D eigenvalue weighted by Crippen LogP contribution is -1.90. The highest BCUT2D eigenvalue weighted by atomic mass is 35.5. The van der Waals surface area contributed by atoms with Crippen LogP contribution in [0.2, 0.25) is 0 Å². The molecule has 1 aromatic rings. The van der Waals surface area contributed by atoms with Gasteiger partial charge in [-0.15, -0.1) is 0 Å². The van der Waals surface area contributed by atoms with Crippen molar-refractivity contribution in [3.8, 4) is 0 Å². The monoisotopic (exact) mass is 213 g/mol. The highest BCUT2D eigenvalue weighted by molar-refractivity contribution is 8.17. The van der Waals surface area contributed by atoms with Crippen LogP contribution in [0.1, 0.15) is 13.8 Å². The molecule has 0 aromatic heterocycles. The summed E-state index contributed by atoms with van der Waals surface area (Å²) in [6, 6.07) is 9.72. The van der Waals surface area contributed by atoms with E-state index in [-0.39, 0.29) is 0 Å². The lowest BCUT2D eigenvalue weighted by molar-refractivity contribution is 1.12. The first-order valence-corrected chi connectivity index (χ1v) is 5.40. The average molecular weight is 214 g/mol. The van der Waals surface area contributed by atoms with Crippen LogP contribution in [-0.4, -0.2) is 9.75 Å². The maximum atomic E-state index is 5.92. The maximum absolute atomic E-state index is 5.92. The van der Waals surface area contributed by atoms with Gasteiger partial charge in [0.2, 0.25) is 0 Å². The molecule has 0 spiro atoms. The highest BCUT2D eigenvalue weighted by Gasteiger charge is 1.99. The molecular weight excluding hydrogens is 202 g/mol. The lowest BCUT2D eigenvalue weighted by Gasteiger charge is -2.01. The number of aliphatic imine (C=N–C) groups is 1. The molecule has 13 heavy (non-hydrogen) atoms. The Morgan fingerprint density at radius 2 is 1.92 bits per heavy atom. The minimum Gasteiger partial charge on any atom is -0.230 e. The van der Waals surface area contributed by atoms with Gasteiger partial charge in [0.25, 0.3) is 0 Å². The van der Waals surface area contributed by atoms with Gasteiger partial charge in [0, 0.05) is 5.25 Å². The molecule has 3 heteroatoms. The van der Waals surface area contributed by atoms with Gasteiger partial charge in [-0.1, -0.05) is 55.4 Å². The molecule has 0 atom stereocenters. The van der Waals surface area contributed by atoms with Crippen LogP contribution in [0, 0.1) is 0 Å². The predicted octanol–water partition coefficient (Wildman–Crippen LogP) is 4.05. The predicted molar refractivity (Wildman–Crippen MR) is 62.1 cm³/mol. The molecule has 0 saturated carbocycles. The largest absolute Gasteiger partial charge is 0.230 e. The molecule has 1 rings (SSSR count). The van der Waals surface area contributed by atoms with Crippen molar-refractivity contribution in [1.82, 2.24) is 0 Å². The van der Waals surface area contributed by atoms with Gasteiger partial charge >= 0.3 is 0 Å². The number of thioether (sulfide) groups is 1. The lowest BCUT2D eigenvalue weighted by atomic mass is 10.3. The molecule has 0 saturated heterocycles. The van der Waals surface area contributed by atoms with Crippen molar-refractivity contribution in [3.05, 3.63) is 30.3 Å². The minimum absolute atomic E-state index is 0.472. The van der Waals surface area contributed by atoms with E-state index in [4.69, 9.17) is 11.6 Å². The Morgan fingerprint density at radius 1 is 1.31 bits per heavy atom. The molecule has 0 N–H and O–H groups in total. The van der Waals surface area contributed by atoms with Gasteiger partial charge < -0.3 is 0 Å². The van der Waals surface area contributed by atoms with Gasteiger partial charge in [-0.25, -0.2) is 4.99 Å². The molecule has 0 heterocycles. The van der Waals surface area contributed by atoms with Crippen LogP contribution >= 0.6 is 23.4 Å². The first kappa shape index (κ1) is 10.6. The van der Waals surface area contributed by atoms with Gasteiger partial charge in [-0.05, 0) is 12.1 Å². The zero-order valence-corrected chi connectivity index (χ0v) is 9.27. The van der Waals surface area contributed by atoms with E-state index in [1.165, 1.54) is 0 Å². The van der Waals surface area contributed by atoms with Gasteiger partial charge in [-0.3, -0.25) is 0 Å². The zero-order chi connectivity index (χ0) is 9.68. The van der Waals surface area contributed by atoms with E-state index in [0.29, 0.717) is 9.75 Å². The van der Waals surface area contributed by atoms with Crippen molar-refractivity contribution in [3.63, 3.8) is 0 Å². The second kappa shape index (κ2) is 5.30. The molecule has 0 bridgehead atoms. The number of para-hydroxylation sites is 1. The van der Waals surface area contributed by atoms with Crippen LogP contribution < -0.4 is 0 Å². The van der Waals surface area contributed by atoms with Crippen LogP contribution in [0.5, 0.6) is 0 Å². The van der Waals surface area contributed by atoms with E-state index < -0.39 is 0 Å². The van der Waals surface area contributed by atoms with Crippen LogP contribution in [0.3, 0.4) is 0 Å². The summed E-state index contributed by atoms with van der Waals surface area (Å²) >= 11 is 7.49. The van der Waals surface area contributed by atoms with Crippen LogP contribution in [0.4, 0.5) is 5.69 Å². The number of nitrogens with zero attached hydrogens (tertiary/aromatic N) is 1. The van der Waals surface area contributed by atoms with Gasteiger partial charge in [0.1, 0.15) is 0 Å². The number of hydrogen-bond donors (Lipinski definition) is 0. The molecule has 0 unspecified atom stereocenters. The normalized spacial score (nSPS) is 12.2. The van der Waals surface area contributed by atoms with Crippen molar-refractivity contribution in [2.75, 3.05) is 0 Å². The van der Waals surface area contributed by atoms with E-state index in [2.05, 4.69) is 18.8 Å².